The summed E-state index contributed by atoms with van der Waals surface area (Å²) in [5, 5.41) is 3.21. The van der Waals surface area contributed by atoms with E-state index in [1.54, 1.807) is 4.90 Å². The van der Waals surface area contributed by atoms with Crippen molar-refractivity contribution in [2.24, 2.45) is 0 Å². The molecule has 0 heterocycles. The van der Waals surface area contributed by atoms with Gasteiger partial charge in [-0.15, -0.1) is 0 Å². The highest BCUT2D eigenvalue weighted by Crippen LogP contribution is 2.25. The molecule has 3 rings (SSSR count). The summed E-state index contributed by atoms with van der Waals surface area (Å²) in [5.41, 5.74) is 3.59. The standard InChI is InChI=1S/C31H45N3O4S/c1-5-28(31(36)32-27-15-10-7-11-16-27)33(22-20-26-13-8-6-9-14-26)30(35)17-12-21-34(39(4,37)38)29-23-24(2)18-19-25(29)3/h6,8-9,13-14,18-19,23,27-28H,5,7,10-12,15-17,20-22H2,1-4H3,(H,32,36)/t28-/m0/s1. The van der Waals surface area contributed by atoms with Crippen molar-refractivity contribution in [1.82, 2.24) is 10.2 Å². The topological polar surface area (TPSA) is 86.8 Å². The van der Waals surface area contributed by atoms with Gasteiger partial charge in [0.1, 0.15) is 6.04 Å². The average molecular weight is 556 g/mol. The van der Waals surface area contributed by atoms with E-state index >= 15 is 0 Å². The Kier molecular flexibility index (Phi) is 11.4. The highest BCUT2D eigenvalue weighted by atomic mass is 32.2. The predicted molar refractivity (Wildman–Crippen MR) is 158 cm³/mol. The first kappa shape index (κ1) is 30.7. The van der Waals surface area contributed by atoms with Crippen LogP contribution >= 0.6 is 0 Å². The van der Waals surface area contributed by atoms with Gasteiger partial charge in [0, 0.05) is 25.6 Å². The largest absolute Gasteiger partial charge is 0.352 e. The molecule has 0 radical (unpaired) electrons. The van der Waals surface area contributed by atoms with Crippen molar-refractivity contribution in [3.05, 3.63) is 65.2 Å². The van der Waals surface area contributed by atoms with E-state index in [-0.39, 0.29) is 30.8 Å². The Morgan fingerprint density at radius 2 is 1.69 bits per heavy atom. The molecule has 8 heteroatoms. The lowest BCUT2D eigenvalue weighted by Crippen LogP contribution is -2.52. The Morgan fingerprint density at radius 1 is 1.00 bits per heavy atom. The number of aryl methyl sites for hydroxylation is 2. The maximum Gasteiger partial charge on any atom is 0.243 e. The van der Waals surface area contributed by atoms with Gasteiger partial charge in [0.15, 0.2) is 0 Å². The van der Waals surface area contributed by atoms with Crippen molar-refractivity contribution < 1.29 is 18.0 Å². The fourth-order valence-electron chi connectivity index (χ4n) is 5.41. The molecule has 7 nitrogen and oxygen atoms in total. The number of nitrogens with zero attached hydrogens (tertiary/aromatic N) is 2. The van der Waals surface area contributed by atoms with Gasteiger partial charge in [-0.25, -0.2) is 8.42 Å². The van der Waals surface area contributed by atoms with Crippen molar-refractivity contribution in [3.63, 3.8) is 0 Å². The Hall–Kier alpha value is -2.87. The first-order valence-corrected chi connectivity index (χ1v) is 16.1. The molecule has 1 aliphatic carbocycles. The number of carbonyl (C=O) groups excluding carboxylic acids is 2. The van der Waals surface area contributed by atoms with Gasteiger partial charge in [0.25, 0.3) is 0 Å². The van der Waals surface area contributed by atoms with Gasteiger partial charge in [0.05, 0.1) is 11.9 Å². The summed E-state index contributed by atoms with van der Waals surface area (Å²) in [4.78, 5) is 28.7. The molecule has 1 N–H and O–H groups in total. The summed E-state index contributed by atoms with van der Waals surface area (Å²) in [6.45, 7) is 6.40. The summed E-state index contributed by atoms with van der Waals surface area (Å²) < 4.78 is 26.7. The minimum Gasteiger partial charge on any atom is -0.352 e. The van der Waals surface area contributed by atoms with Gasteiger partial charge in [-0.05, 0) is 68.7 Å². The Balaban J connectivity index is 1.73. The molecule has 0 aromatic heterocycles. The summed E-state index contributed by atoms with van der Waals surface area (Å²) in [6, 6.07) is 15.3. The number of sulfonamides is 1. The molecule has 2 aromatic carbocycles. The minimum atomic E-state index is -3.53. The van der Waals surface area contributed by atoms with E-state index in [0.717, 1.165) is 42.4 Å². The lowest BCUT2D eigenvalue weighted by Gasteiger charge is -2.33. The van der Waals surface area contributed by atoms with Crippen LogP contribution in [-0.2, 0) is 26.0 Å². The fraction of sp³-hybridized carbons (Fsp3) is 0.548. The smallest absolute Gasteiger partial charge is 0.243 e. The summed E-state index contributed by atoms with van der Waals surface area (Å²) in [5.74, 6) is -0.204. The lowest BCUT2D eigenvalue weighted by molar-refractivity contribution is -0.141. The number of benzene rings is 2. The molecule has 1 atom stereocenters. The zero-order valence-electron chi connectivity index (χ0n) is 24.0. The normalized spacial score (nSPS) is 15.0. The van der Waals surface area contributed by atoms with Crippen LogP contribution < -0.4 is 9.62 Å². The quantitative estimate of drug-likeness (QED) is 0.370. The minimum absolute atomic E-state index is 0.0843. The average Bonchev–Trinajstić information content (AvgIpc) is 2.91. The van der Waals surface area contributed by atoms with Crippen LogP contribution in [0.4, 0.5) is 5.69 Å². The highest BCUT2D eigenvalue weighted by molar-refractivity contribution is 7.92. The molecule has 1 fully saturated rings. The molecule has 39 heavy (non-hydrogen) atoms. The number of nitrogens with one attached hydrogen (secondary N) is 1. The molecule has 0 bridgehead atoms. The van der Waals surface area contributed by atoms with Crippen molar-refractivity contribution in [2.75, 3.05) is 23.7 Å². The number of carbonyl (C=O) groups is 2. The van der Waals surface area contributed by atoms with Crippen LogP contribution in [-0.4, -0.2) is 56.6 Å². The lowest BCUT2D eigenvalue weighted by atomic mass is 9.95. The third kappa shape index (κ3) is 9.09. The van der Waals surface area contributed by atoms with E-state index in [9.17, 15) is 18.0 Å². The molecule has 1 saturated carbocycles. The molecule has 214 valence electrons. The first-order chi connectivity index (χ1) is 18.6. The molecular weight excluding hydrogens is 510 g/mol. The van der Waals surface area contributed by atoms with Crippen molar-refractivity contribution in [2.45, 2.75) is 90.6 Å². The van der Waals surface area contributed by atoms with Crippen LogP contribution in [0, 0.1) is 13.8 Å². The second-order valence-electron chi connectivity index (χ2n) is 10.8. The molecule has 2 aromatic rings. The third-order valence-electron chi connectivity index (χ3n) is 7.61. The number of amides is 2. The highest BCUT2D eigenvalue weighted by Gasteiger charge is 2.30. The Bertz CT molecular complexity index is 1190. The molecule has 0 saturated heterocycles. The van der Waals surface area contributed by atoms with Crippen molar-refractivity contribution >= 4 is 27.5 Å². The predicted octanol–water partition coefficient (Wildman–Crippen LogP) is 5.15. The van der Waals surface area contributed by atoms with Gasteiger partial charge in [-0.1, -0.05) is 68.7 Å². The number of rotatable bonds is 13. The summed E-state index contributed by atoms with van der Waals surface area (Å²) in [6.07, 6.45) is 8.32. The van der Waals surface area contributed by atoms with Crippen LogP contribution in [0.3, 0.4) is 0 Å². The van der Waals surface area contributed by atoms with E-state index in [4.69, 9.17) is 0 Å². The van der Waals surface area contributed by atoms with Crippen LogP contribution in [0.15, 0.2) is 48.5 Å². The summed E-state index contributed by atoms with van der Waals surface area (Å²) in [7, 11) is -3.53. The molecular formula is C31H45N3O4S. The van der Waals surface area contributed by atoms with Crippen LogP contribution in [0.2, 0.25) is 0 Å². The van der Waals surface area contributed by atoms with Crippen LogP contribution in [0.5, 0.6) is 0 Å². The van der Waals surface area contributed by atoms with Gasteiger partial charge in [-0.3, -0.25) is 13.9 Å². The monoisotopic (exact) mass is 555 g/mol. The Morgan fingerprint density at radius 3 is 2.33 bits per heavy atom. The van der Waals surface area contributed by atoms with Crippen LogP contribution in [0.1, 0.15) is 75.0 Å². The molecule has 0 spiro atoms. The second kappa shape index (κ2) is 14.5. The van der Waals surface area contributed by atoms with Gasteiger partial charge in [-0.2, -0.15) is 0 Å². The van der Waals surface area contributed by atoms with E-state index in [0.29, 0.717) is 31.5 Å². The third-order valence-corrected chi connectivity index (χ3v) is 8.79. The maximum absolute atomic E-state index is 13.6. The Labute approximate surface area is 235 Å². The molecule has 1 aliphatic rings. The number of hydrogen-bond donors (Lipinski definition) is 1. The van der Waals surface area contributed by atoms with E-state index in [1.807, 2.05) is 69.3 Å². The van der Waals surface area contributed by atoms with Gasteiger partial charge >= 0.3 is 0 Å². The van der Waals surface area contributed by atoms with Crippen molar-refractivity contribution in [1.29, 1.82) is 0 Å². The van der Waals surface area contributed by atoms with Crippen LogP contribution in [0.25, 0.3) is 0 Å². The van der Waals surface area contributed by atoms with E-state index in [1.165, 1.54) is 17.0 Å². The maximum atomic E-state index is 13.6. The molecule has 2 amide bonds. The van der Waals surface area contributed by atoms with Gasteiger partial charge < -0.3 is 10.2 Å². The zero-order valence-corrected chi connectivity index (χ0v) is 24.8. The van der Waals surface area contributed by atoms with Gasteiger partial charge in [0.2, 0.25) is 21.8 Å². The molecule has 0 aliphatic heterocycles. The van der Waals surface area contributed by atoms with E-state index in [2.05, 4.69) is 5.32 Å². The SMILES string of the molecule is CC[C@@H](C(=O)NC1CCCCC1)N(CCc1ccccc1)C(=O)CCCN(c1cc(C)ccc1C)S(C)(=O)=O. The molecule has 0 unspecified atom stereocenters. The fourth-order valence-corrected chi connectivity index (χ4v) is 6.43. The summed E-state index contributed by atoms with van der Waals surface area (Å²) >= 11 is 0. The second-order valence-corrected chi connectivity index (χ2v) is 12.7. The van der Waals surface area contributed by atoms with Crippen molar-refractivity contribution in [3.8, 4) is 0 Å². The first-order valence-electron chi connectivity index (χ1n) is 14.3. The number of anilines is 1. The zero-order chi connectivity index (χ0) is 28.4. The number of hydrogen-bond acceptors (Lipinski definition) is 4. The van der Waals surface area contributed by atoms with E-state index < -0.39 is 16.1 Å².